The summed E-state index contributed by atoms with van der Waals surface area (Å²) < 4.78 is 5.66. The molecule has 1 fully saturated rings. The normalized spacial score (nSPS) is 18.4. The van der Waals surface area contributed by atoms with E-state index in [1.807, 2.05) is 19.1 Å². The Kier molecular flexibility index (Phi) is 8.98. The topological polar surface area (TPSA) is 32.7 Å². The highest BCUT2D eigenvalue weighted by molar-refractivity contribution is 5.35. The summed E-state index contributed by atoms with van der Waals surface area (Å²) in [4.78, 5) is 2.58. The SMILES string of the molecule is CCOc1ccc([C@](O)(CCC(C)C)[C@@H](CN2CCCCCC2)c2ccccc2)cc1. The quantitative estimate of drug-likeness (QED) is 0.482. The van der Waals surface area contributed by atoms with Gasteiger partial charge in [0.05, 0.1) is 12.2 Å². The molecule has 2 aromatic rings. The minimum absolute atomic E-state index is 0.0310. The zero-order valence-corrected chi connectivity index (χ0v) is 19.7. The largest absolute Gasteiger partial charge is 0.494 e. The third kappa shape index (κ3) is 6.57. The number of likely N-dealkylation sites (tertiary alicyclic amines) is 1. The summed E-state index contributed by atoms with van der Waals surface area (Å²) in [6.45, 7) is 10.3. The van der Waals surface area contributed by atoms with Gasteiger partial charge in [0.25, 0.3) is 0 Å². The van der Waals surface area contributed by atoms with Crippen molar-refractivity contribution in [2.24, 2.45) is 5.92 Å². The smallest absolute Gasteiger partial charge is 0.119 e. The molecule has 0 saturated carbocycles. The Hall–Kier alpha value is -1.84. The van der Waals surface area contributed by atoms with Crippen LogP contribution in [0.5, 0.6) is 5.75 Å². The van der Waals surface area contributed by atoms with Crippen molar-refractivity contribution in [3.05, 3.63) is 65.7 Å². The van der Waals surface area contributed by atoms with E-state index in [4.69, 9.17) is 4.74 Å². The lowest BCUT2D eigenvalue weighted by Gasteiger charge is -2.40. The lowest BCUT2D eigenvalue weighted by molar-refractivity contribution is -0.0170. The maximum Gasteiger partial charge on any atom is 0.119 e. The number of benzene rings is 2. The second kappa shape index (κ2) is 11.7. The summed E-state index contributed by atoms with van der Waals surface area (Å²) in [6, 6.07) is 18.8. The van der Waals surface area contributed by atoms with Crippen molar-refractivity contribution in [3.8, 4) is 5.75 Å². The molecular weight excluding hydrogens is 382 g/mol. The second-order valence-corrected chi connectivity index (χ2v) is 9.49. The van der Waals surface area contributed by atoms with E-state index >= 15 is 0 Å². The highest BCUT2D eigenvalue weighted by Crippen LogP contribution is 2.42. The molecule has 1 saturated heterocycles. The van der Waals surface area contributed by atoms with Gasteiger partial charge < -0.3 is 14.7 Å². The van der Waals surface area contributed by atoms with Crippen LogP contribution in [0.25, 0.3) is 0 Å². The first-order chi connectivity index (χ1) is 15.0. The van der Waals surface area contributed by atoms with Crippen molar-refractivity contribution < 1.29 is 9.84 Å². The van der Waals surface area contributed by atoms with E-state index < -0.39 is 5.60 Å². The molecule has 3 nitrogen and oxygen atoms in total. The summed E-state index contributed by atoms with van der Waals surface area (Å²) in [7, 11) is 0. The van der Waals surface area contributed by atoms with Crippen LogP contribution < -0.4 is 4.74 Å². The standard InChI is InChI=1S/C28H41NO2/c1-4-31-26-16-14-25(15-17-26)28(30,19-18-23(2)3)27(24-12-8-7-9-13-24)22-29-20-10-5-6-11-21-29/h7-9,12-17,23,27,30H,4-6,10-11,18-22H2,1-3H3/t27-,28+/m0/s1. The molecule has 3 heteroatoms. The molecule has 2 atom stereocenters. The van der Waals surface area contributed by atoms with Gasteiger partial charge in [0.2, 0.25) is 0 Å². The van der Waals surface area contributed by atoms with Crippen molar-refractivity contribution >= 4 is 0 Å². The van der Waals surface area contributed by atoms with Crippen LogP contribution in [0.15, 0.2) is 54.6 Å². The average Bonchev–Trinajstić information content (AvgIpc) is 3.06. The Morgan fingerprint density at radius 3 is 2.16 bits per heavy atom. The van der Waals surface area contributed by atoms with Crippen LogP contribution in [-0.2, 0) is 5.60 Å². The van der Waals surface area contributed by atoms with Gasteiger partial charge >= 0.3 is 0 Å². The molecule has 1 aliphatic rings. The predicted octanol–water partition coefficient (Wildman–Crippen LogP) is 6.37. The van der Waals surface area contributed by atoms with Gasteiger partial charge in [-0.3, -0.25) is 0 Å². The van der Waals surface area contributed by atoms with Gasteiger partial charge in [0.1, 0.15) is 5.75 Å². The molecule has 2 aromatic carbocycles. The maximum atomic E-state index is 12.4. The van der Waals surface area contributed by atoms with Gasteiger partial charge in [-0.05, 0) is 74.9 Å². The van der Waals surface area contributed by atoms with Crippen LogP contribution in [0, 0.1) is 5.92 Å². The zero-order chi connectivity index (χ0) is 22.1. The molecule has 0 amide bonds. The van der Waals surface area contributed by atoms with Gasteiger partial charge in [-0.25, -0.2) is 0 Å². The van der Waals surface area contributed by atoms with E-state index in [0.717, 1.165) is 43.8 Å². The minimum atomic E-state index is -0.914. The van der Waals surface area contributed by atoms with E-state index in [-0.39, 0.29) is 5.92 Å². The fraction of sp³-hybridized carbons (Fsp3) is 0.571. The number of hydrogen-bond acceptors (Lipinski definition) is 3. The van der Waals surface area contributed by atoms with Crippen molar-refractivity contribution in [1.29, 1.82) is 0 Å². The summed E-state index contributed by atoms with van der Waals surface area (Å²) in [5.41, 5.74) is 1.31. The van der Waals surface area contributed by atoms with Crippen LogP contribution in [0.3, 0.4) is 0 Å². The fourth-order valence-electron chi connectivity index (χ4n) is 4.83. The summed E-state index contributed by atoms with van der Waals surface area (Å²) in [5, 5.41) is 12.4. The van der Waals surface area contributed by atoms with Gasteiger partial charge in [-0.1, -0.05) is 69.2 Å². The van der Waals surface area contributed by atoms with Crippen LogP contribution in [0.4, 0.5) is 0 Å². The lowest BCUT2D eigenvalue weighted by Crippen LogP contribution is -2.41. The Bertz CT molecular complexity index is 750. The first-order valence-electron chi connectivity index (χ1n) is 12.3. The van der Waals surface area contributed by atoms with Crippen LogP contribution >= 0.6 is 0 Å². The molecule has 3 rings (SSSR count). The van der Waals surface area contributed by atoms with Crippen molar-refractivity contribution in [1.82, 2.24) is 4.90 Å². The number of nitrogens with zero attached hydrogens (tertiary/aromatic N) is 1. The molecule has 0 radical (unpaired) electrons. The summed E-state index contributed by atoms with van der Waals surface area (Å²) in [5.74, 6) is 1.44. The first-order valence-corrected chi connectivity index (χ1v) is 12.3. The van der Waals surface area contributed by atoms with Crippen LogP contribution in [-0.4, -0.2) is 36.2 Å². The predicted molar refractivity (Wildman–Crippen MR) is 130 cm³/mol. The summed E-state index contributed by atoms with van der Waals surface area (Å²) in [6.07, 6.45) is 6.91. The van der Waals surface area contributed by atoms with Gasteiger partial charge in [-0.15, -0.1) is 0 Å². The number of ether oxygens (including phenoxy) is 1. The third-order valence-corrected chi connectivity index (χ3v) is 6.69. The average molecular weight is 424 g/mol. The monoisotopic (exact) mass is 423 g/mol. The number of rotatable bonds is 10. The highest BCUT2D eigenvalue weighted by Gasteiger charge is 2.40. The van der Waals surface area contributed by atoms with Crippen LogP contribution in [0.1, 0.15) is 76.3 Å². The number of aliphatic hydroxyl groups is 1. The van der Waals surface area contributed by atoms with E-state index in [1.54, 1.807) is 0 Å². The molecule has 0 aliphatic carbocycles. The molecule has 0 bridgehead atoms. The van der Waals surface area contributed by atoms with Crippen molar-refractivity contribution in [3.63, 3.8) is 0 Å². The summed E-state index contributed by atoms with van der Waals surface area (Å²) >= 11 is 0. The molecule has 0 spiro atoms. The molecule has 0 aromatic heterocycles. The van der Waals surface area contributed by atoms with Gasteiger partial charge in [0, 0.05) is 12.5 Å². The minimum Gasteiger partial charge on any atom is -0.494 e. The van der Waals surface area contributed by atoms with Gasteiger partial charge in [0.15, 0.2) is 0 Å². The van der Waals surface area contributed by atoms with E-state index in [0.29, 0.717) is 12.5 Å². The Balaban J connectivity index is 1.98. The Labute approximate surface area is 189 Å². The lowest BCUT2D eigenvalue weighted by atomic mass is 9.73. The molecular formula is C28H41NO2. The number of hydrogen-bond donors (Lipinski definition) is 1. The van der Waals surface area contributed by atoms with E-state index in [1.165, 1.54) is 31.2 Å². The molecule has 170 valence electrons. The van der Waals surface area contributed by atoms with Crippen molar-refractivity contribution in [2.45, 2.75) is 70.8 Å². The highest BCUT2D eigenvalue weighted by atomic mass is 16.5. The second-order valence-electron chi connectivity index (χ2n) is 9.49. The first kappa shape index (κ1) is 23.8. The molecule has 1 N–H and O–H groups in total. The Morgan fingerprint density at radius 1 is 0.935 bits per heavy atom. The van der Waals surface area contributed by atoms with E-state index in [9.17, 15) is 5.11 Å². The Morgan fingerprint density at radius 2 is 1.58 bits per heavy atom. The fourth-order valence-corrected chi connectivity index (χ4v) is 4.83. The molecule has 31 heavy (non-hydrogen) atoms. The zero-order valence-electron chi connectivity index (χ0n) is 19.7. The molecule has 1 aliphatic heterocycles. The van der Waals surface area contributed by atoms with Crippen molar-refractivity contribution in [2.75, 3.05) is 26.2 Å². The van der Waals surface area contributed by atoms with Gasteiger partial charge in [-0.2, -0.15) is 0 Å². The molecule has 0 unspecified atom stereocenters. The third-order valence-electron chi connectivity index (χ3n) is 6.69. The maximum absolute atomic E-state index is 12.4. The molecule has 1 heterocycles. The van der Waals surface area contributed by atoms with E-state index in [2.05, 4.69) is 61.2 Å². The van der Waals surface area contributed by atoms with Crippen LogP contribution in [0.2, 0.25) is 0 Å².